The highest BCUT2D eigenvalue weighted by Crippen LogP contribution is 2.35. The first kappa shape index (κ1) is 14.1. The van der Waals surface area contributed by atoms with E-state index < -0.39 is 6.10 Å². The van der Waals surface area contributed by atoms with Gasteiger partial charge in [0.05, 0.1) is 20.4 Å². The molecule has 1 aromatic rings. The lowest BCUT2D eigenvalue weighted by Crippen LogP contribution is -2.15. The molecule has 5 heteroatoms. The van der Waals surface area contributed by atoms with Crippen LogP contribution in [0.4, 0.5) is 0 Å². The summed E-state index contributed by atoms with van der Waals surface area (Å²) < 4.78 is 10.2. The van der Waals surface area contributed by atoms with Crippen molar-refractivity contribution in [1.29, 1.82) is 0 Å². The van der Waals surface area contributed by atoms with Crippen LogP contribution in [0, 0.1) is 5.92 Å². The highest BCUT2D eigenvalue weighted by atomic mass is 16.5. The first-order valence-corrected chi connectivity index (χ1v) is 6.89. The van der Waals surface area contributed by atoms with E-state index in [1.807, 2.05) is 0 Å². The molecular formula is C14H22N2O3. The summed E-state index contributed by atoms with van der Waals surface area (Å²) in [5.74, 6) is 1.00. The van der Waals surface area contributed by atoms with Crippen molar-refractivity contribution in [2.75, 3.05) is 14.2 Å². The minimum Gasteiger partial charge on any atom is -0.480 e. The van der Waals surface area contributed by atoms with Crippen LogP contribution >= 0.6 is 0 Å². The summed E-state index contributed by atoms with van der Waals surface area (Å²) in [4.78, 5) is 8.45. The van der Waals surface area contributed by atoms with Crippen molar-refractivity contribution in [3.8, 4) is 11.8 Å². The molecule has 1 heterocycles. The van der Waals surface area contributed by atoms with Crippen LogP contribution in [0.2, 0.25) is 0 Å². The van der Waals surface area contributed by atoms with Gasteiger partial charge in [0.25, 0.3) is 0 Å². The molecule has 1 atom stereocenters. The van der Waals surface area contributed by atoms with Crippen LogP contribution in [-0.4, -0.2) is 29.3 Å². The molecule has 2 rings (SSSR count). The van der Waals surface area contributed by atoms with Gasteiger partial charge in [-0.25, -0.2) is 4.98 Å². The molecule has 0 aromatic carbocycles. The number of aliphatic hydroxyl groups excluding tert-OH is 1. The van der Waals surface area contributed by atoms with Crippen molar-refractivity contribution in [1.82, 2.24) is 9.97 Å². The average Bonchev–Trinajstić information content (AvgIpc) is 2.74. The van der Waals surface area contributed by atoms with Crippen LogP contribution in [-0.2, 0) is 0 Å². The van der Waals surface area contributed by atoms with Crippen LogP contribution in [0.15, 0.2) is 6.20 Å². The fourth-order valence-corrected chi connectivity index (χ4v) is 2.67. The SMILES string of the molecule is COc1cnc(C(O)C2CCCCCC2)c(OC)n1. The zero-order chi connectivity index (χ0) is 13.7. The molecule has 106 valence electrons. The van der Waals surface area contributed by atoms with Crippen LogP contribution in [0.1, 0.15) is 50.3 Å². The summed E-state index contributed by atoms with van der Waals surface area (Å²) in [5.41, 5.74) is 0.523. The van der Waals surface area contributed by atoms with Gasteiger partial charge < -0.3 is 14.6 Å². The number of hydrogen-bond donors (Lipinski definition) is 1. The van der Waals surface area contributed by atoms with Crippen molar-refractivity contribution in [2.24, 2.45) is 5.92 Å². The molecule has 1 aliphatic rings. The quantitative estimate of drug-likeness (QED) is 0.848. The topological polar surface area (TPSA) is 64.5 Å². The Labute approximate surface area is 114 Å². The normalized spacial score (nSPS) is 18.7. The highest BCUT2D eigenvalue weighted by molar-refractivity contribution is 5.25. The van der Waals surface area contributed by atoms with Crippen molar-refractivity contribution >= 4 is 0 Å². The zero-order valence-corrected chi connectivity index (χ0v) is 11.6. The van der Waals surface area contributed by atoms with E-state index in [0.29, 0.717) is 17.5 Å². The molecule has 0 saturated heterocycles. The van der Waals surface area contributed by atoms with Crippen LogP contribution in [0.5, 0.6) is 11.8 Å². The van der Waals surface area contributed by atoms with Crippen molar-refractivity contribution < 1.29 is 14.6 Å². The fraction of sp³-hybridized carbons (Fsp3) is 0.714. The molecule has 0 radical (unpaired) electrons. The molecule has 1 saturated carbocycles. The predicted octanol–water partition coefficient (Wildman–Crippen LogP) is 2.50. The Morgan fingerprint density at radius 1 is 1.16 bits per heavy atom. The van der Waals surface area contributed by atoms with Gasteiger partial charge >= 0.3 is 0 Å². The van der Waals surface area contributed by atoms with E-state index in [1.165, 1.54) is 46.1 Å². The maximum atomic E-state index is 10.5. The van der Waals surface area contributed by atoms with E-state index in [1.54, 1.807) is 0 Å². The van der Waals surface area contributed by atoms with Crippen LogP contribution < -0.4 is 9.47 Å². The lowest BCUT2D eigenvalue weighted by atomic mass is 9.92. The van der Waals surface area contributed by atoms with E-state index in [-0.39, 0.29) is 5.92 Å². The third kappa shape index (κ3) is 3.35. The van der Waals surface area contributed by atoms with Gasteiger partial charge in [0, 0.05) is 0 Å². The molecule has 0 aliphatic heterocycles. The molecule has 19 heavy (non-hydrogen) atoms. The maximum absolute atomic E-state index is 10.5. The molecule has 0 amide bonds. The minimum absolute atomic E-state index is 0.249. The molecule has 1 aliphatic carbocycles. The lowest BCUT2D eigenvalue weighted by molar-refractivity contribution is 0.0908. The Bertz CT molecular complexity index is 404. The molecule has 5 nitrogen and oxygen atoms in total. The van der Waals surface area contributed by atoms with Gasteiger partial charge in [0.1, 0.15) is 11.8 Å². The van der Waals surface area contributed by atoms with Gasteiger partial charge in [-0.2, -0.15) is 4.98 Å². The van der Waals surface area contributed by atoms with E-state index in [2.05, 4.69) is 9.97 Å². The van der Waals surface area contributed by atoms with Crippen molar-refractivity contribution in [3.05, 3.63) is 11.9 Å². The fourth-order valence-electron chi connectivity index (χ4n) is 2.67. The second-order valence-electron chi connectivity index (χ2n) is 5.00. The minimum atomic E-state index is -0.605. The largest absolute Gasteiger partial charge is 0.480 e. The number of aliphatic hydroxyl groups is 1. The Balaban J connectivity index is 2.19. The second-order valence-corrected chi connectivity index (χ2v) is 5.00. The first-order chi connectivity index (χ1) is 9.26. The highest BCUT2D eigenvalue weighted by Gasteiger charge is 2.26. The zero-order valence-electron chi connectivity index (χ0n) is 11.6. The Morgan fingerprint density at radius 3 is 2.42 bits per heavy atom. The Kier molecular flexibility index (Phi) is 4.96. The van der Waals surface area contributed by atoms with Gasteiger partial charge in [-0.05, 0) is 18.8 Å². The van der Waals surface area contributed by atoms with Crippen LogP contribution in [0.3, 0.4) is 0 Å². The third-order valence-corrected chi connectivity index (χ3v) is 3.77. The van der Waals surface area contributed by atoms with Crippen molar-refractivity contribution in [3.63, 3.8) is 0 Å². The van der Waals surface area contributed by atoms with Crippen LogP contribution in [0.25, 0.3) is 0 Å². The molecule has 0 spiro atoms. The summed E-state index contributed by atoms with van der Waals surface area (Å²) in [6.45, 7) is 0. The lowest BCUT2D eigenvalue weighted by Gasteiger charge is -2.21. The van der Waals surface area contributed by atoms with E-state index in [4.69, 9.17) is 9.47 Å². The first-order valence-electron chi connectivity index (χ1n) is 6.89. The van der Waals surface area contributed by atoms with Gasteiger partial charge in [-0.3, -0.25) is 0 Å². The third-order valence-electron chi connectivity index (χ3n) is 3.77. The van der Waals surface area contributed by atoms with Gasteiger partial charge in [-0.15, -0.1) is 0 Å². The molecule has 1 fully saturated rings. The average molecular weight is 266 g/mol. The van der Waals surface area contributed by atoms with Gasteiger partial charge in [-0.1, -0.05) is 25.7 Å². The molecule has 0 bridgehead atoms. The standard InChI is InChI=1S/C14H22N2O3/c1-18-11-9-15-12(14(16-11)19-2)13(17)10-7-5-3-4-6-8-10/h9-10,13,17H,3-8H2,1-2H3. The molecule has 1 N–H and O–H groups in total. The number of ether oxygens (including phenoxy) is 2. The van der Waals surface area contributed by atoms with Gasteiger partial charge in [0.2, 0.25) is 11.8 Å². The summed E-state index contributed by atoms with van der Waals surface area (Å²) in [6.07, 6.45) is 7.87. The Morgan fingerprint density at radius 2 is 1.84 bits per heavy atom. The summed E-state index contributed by atoms with van der Waals surface area (Å²) in [6, 6.07) is 0. The second kappa shape index (κ2) is 6.70. The molecule has 1 aromatic heterocycles. The number of methoxy groups -OCH3 is 2. The van der Waals surface area contributed by atoms with E-state index in [9.17, 15) is 5.11 Å². The monoisotopic (exact) mass is 266 g/mol. The summed E-state index contributed by atoms with van der Waals surface area (Å²) in [5, 5.41) is 10.5. The number of rotatable bonds is 4. The maximum Gasteiger partial charge on any atom is 0.241 e. The van der Waals surface area contributed by atoms with Gasteiger partial charge in [0.15, 0.2) is 0 Å². The number of nitrogens with zero attached hydrogens (tertiary/aromatic N) is 2. The van der Waals surface area contributed by atoms with E-state index in [0.717, 1.165) is 12.8 Å². The Hall–Kier alpha value is -1.36. The summed E-state index contributed by atoms with van der Waals surface area (Å²) in [7, 11) is 3.07. The number of aromatic nitrogens is 2. The molecular weight excluding hydrogens is 244 g/mol. The van der Waals surface area contributed by atoms with E-state index >= 15 is 0 Å². The number of hydrogen-bond acceptors (Lipinski definition) is 5. The smallest absolute Gasteiger partial charge is 0.241 e. The predicted molar refractivity (Wildman–Crippen MR) is 71.3 cm³/mol. The summed E-state index contributed by atoms with van der Waals surface area (Å²) >= 11 is 0. The molecule has 1 unspecified atom stereocenters. The van der Waals surface area contributed by atoms with Crippen molar-refractivity contribution in [2.45, 2.75) is 44.6 Å².